The molecule has 4 nitrogen and oxygen atoms in total. The van der Waals surface area contributed by atoms with Gasteiger partial charge < -0.3 is 0 Å². The minimum atomic E-state index is -0.219. The number of hydrogen-bond acceptors (Lipinski definition) is 4. The maximum Gasteiger partial charge on any atom is 0.272 e. The molecule has 5 heteroatoms. The molecule has 0 aliphatic heterocycles. The molecule has 0 fully saturated rings. The lowest BCUT2D eigenvalue weighted by Gasteiger charge is -2.07. The van der Waals surface area contributed by atoms with Crippen molar-refractivity contribution in [3.63, 3.8) is 0 Å². The van der Waals surface area contributed by atoms with Crippen molar-refractivity contribution in [1.82, 2.24) is 10.4 Å². The van der Waals surface area contributed by atoms with Gasteiger partial charge in [0.05, 0.1) is 21.7 Å². The summed E-state index contributed by atoms with van der Waals surface area (Å²) in [6.07, 6.45) is 1.01. The molecule has 3 aromatic rings. The minimum Gasteiger partial charge on any atom is -0.267 e. The van der Waals surface area contributed by atoms with Crippen LogP contribution in [0.3, 0.4) is 0 Å². The van der Waals surface area contributed by atoms with Crippen LogP contribution in [0.15, 0.2) is 47.6 Å². The highest BCUT2D eigenvalue weighted by Gasteiger charge is 2.11. The van der Waals surface area contributed by atoms with E-state index in [0.717, 1.165) is 33.6 Å². The average molecular weight is 337 g/mol. The molecule has 122 valence electrons. The van der Waals surface area contributed by atoms with Crippen LogP contribution in [0.25, 0.3) is 10.9 Å². The molecule has 0 radical (unpaired) electrons. The largest absolute Gasteiger partial charge is 0.272 e. The zero-order valence-electron chi connectivity index (χ0n) is 14.0. The normalized spacial score (nSPS) is 11.7. The van der Waals surface area contributed by atoms with Gasteiger partial charge in [-0.1, -0.05) is 25.1 Å². The van der Waals surface area contributed by atoms with Crippen molar-refractivity contribution in [1.29, 1.82) is 0 Å². The van der Waals surface area contributed by atoms with Crippen LogP contribution >= 0.6 is 11.3 Å². The lowest BCUT2D eigenvalue weighted by atomic mass is 10.1. The van der Waals surface area contributed by atoms with Crippen molar-refractivity contribution in [2.75, 3.05) is 0 Å². The van der Waals surface area contributed by atoms with Gasteiger partial charge in [0.1, 0.15) is 0 Å². The molecule has 2 aromatic heterocycles. The zero-order valence-corrected chi connectivity index (χ0v) is 14.8. The summed E-state index contributed by atoms with van der Waals surface area (Å²) < 4.78 is 0. The Morgan fingerprint density at radius 2 is 2.04 bits per heavy atom. The van der Waals surface area contributed by atoms with Crippen LogP contribution in [0.5, 0.6) is 0 Å². The van der Waals surface area contributed by atoms with Crippen LogP contribution in [-0.2, 0) is 6.42 Å². The van der Waals surface area contributed by atoms with Crippen LogP contribution in [-0.4, -0.2) is 16.6 Å². The SMILES string of the molecule is CCc1ccc(/C(C)=N/NC(=O)c2cc(C)nc3ccccc23)s1. The second-order valence-electron chi connectivity index (χ2n) is 5.59. The minimum absolute atomic E-state index is 0.219. The number of para-hydroxylation sites is 1. The van der Waals surface area contributed by atoms with Gasteiger partial charge in [0.25, 0.3) is 5.91 Å². The third kappa shape index (κ3) is 3.36. The van der Waals surface area contributed by atoms with Gasteiger partial charge in [-0.05, 0) is 44.5 Å². The summed E-state index contributed by atoms with van der Waals surface area (Å²) in [5.41, 5.74) is 5.70. The Hall–Kier alpha value is -2.53. The van der Waals surface area contributed by atoms with Crippen molar-refractivity contribution in [2.24, 2.45) is 5.10 Å². The lowest BCUT2D eigenvalue weighted by molar-refractivity contribution is 0.0956. The molecule has 1 N–H and O–H groups in total. The molecule has 0 aliphatic rings. The van der Waals surface area contributed by atoms with Gasteiger partial charge in [0.15, 0.2) is 0 Å². The molecule has 2 heterocycles. The number of hydrogen-bond donors (Lipinski definition) is 1. The molecule has 0 atom stereocenters. The topological polar surface area (TPSA) is 54.4 Å². The summed E-state index contributed by atoms with van der Waals surface area (Å²) in [5.74, 6) is -0.219. The van der Waals surface area contributed by atoms with E-state index in [1.54, 1.807) is 17.4 Å². The molecule has 0 aliphatic carbocycles. The van der Waals surface area contributed by atoms with Gasteiger partial charge in [-0.25, -0.2) is 5.43 Å². The Bertz CT molecular complexity index is 927. The summed E-state index contributed by atoms with van der Waals surface area (Å²) in [6, 6.07) is 13.6. The molecule has 3 rings (SSSR count). The Labute approximate surface area is 145 Å². The van der Waals surface area contributed by atoms with E-state index in [0.29, 0.717) is 5.56 Å². The number of pyridine rings is 1. The van der Waals surface area contributed by atoms with Crippen LogP contribution in [0, 0.1) is 6.92 Å². The fourth-order valence-corrected chi connectivity index (χ4v) is 3.40. The number of thiophene rings is 1. The van der Waals surface area contributed by atoms with Gasteiger partial charge in [0.2, 0.25) is 0 Å². The number of aryl methyl sites for hydroxylation is 2. The summed E-state index contributed by atoms with van der Waals surface area (Å²) >= 11 is 1.70. The third-order valence-corrected chi connectivity index (χ3v) is 5.12. The Morgan fingerprint density at radius 1 is 1.25 bits per heavy atom. The first-order chi connectivity index (χ1) is 11.6. The summed E-state index contributed by atoms with van der Waals surface area (Å²) in [5, 5.41) is 5.09. The molecular formula is C19H19N3OS. The first-order valence-corrected chi connectivity index (χ1v) is 8.70. The number of carbonyl (C=O) groups is 1. The number of benzene rings is 1. The van der Waals surface area contributed by atoms with Crippen molar-refractivity contribution in [3.8, 4) is 0 Å². The molecule has 0 bridgehead atoms. The van der Waals surface area contributed by atoms with Gasteiger partial charge >= 0.3 is 0 Å². The van der Waals surface area contributed by atoms with E-state index in [2.05, 4.69) is 28.5 Å². The molecule has 1 aromatic carbocycles. The van der Waals surface area contributed by atoms with Crippen LogP contribution in [0.2, 0.25) is 0 Å². The standard InChI is InChI=1S/C19H19N3OS/c1-4-14-9-10-18(24-14)13(3)21-22-19(23)16-11-12(2)20-17-8-6-5-7-15(16)17/h5-11H,4H2,1-3H3,(H,22,23)/b21-13+. The van der Waals surface area contributed by atoms with E-state index in [-0.39, 0.29) is 5.91 Å². The molecule has 0 spiro atoms. The van der Waals surface area contributed by atoms with Gasteiger partial charge in [-0.3, -0.25) is 9.78 Å². The quantitative estimate of drug-likeness (QED) is 0.569. The highest BCUT2D eigenvalue weighted by Crippen LogP contribution is 2.19. The van der Waals surface area contributed by atoms with E-state index in [4.69, 9.17) is 0 Å². The van der Waals surface area contributed by atoms with Gasteiger partial charge in [0, 0.05) is 16.0 Å². The first kappa shape index (κ1) is 16.3. The fourth-order valence-electron chi connectivity index (χ4n) is 2.51. The maximum atomic E-state index is 12.6. The number of rotatable bonds is 4. The van der Waals surface area contributed by atoms with Crippen LogP contribution < -0.4 is 5.43 Å². The number of amides is 1. The van der Waals surface area contributed by atoms with Crippen molar-refractivity contribution < 1.29 is 4.79 Å². The van der Waals surface area contributed by atoms with Crippen molar-refractivity contribution in [3.05, 3.63) is 63.5 Å². The Balaban J connectivity index is 1.86. The van der Waals surface area contributed by atoms with E-state index in [1.165, 1.54) is 4.88 Å². The monoisotopic (exact) mass is 337 g/mol. The molecule has 24 heavy (non-hydrogen) atoms. The second kappa shape index (κ2) is 6.93. The number of fused-ring (bicyclic) bond motifs is 1. The average Bonchev–Trinajstić information content (AvgIpc) is 3.07. The predicted molar refractivity (Wildman–Crippen MR) is 99.9 cm³/mol. The van der Waals surface area contributed by atoms with Crippen LogP contribution in [0.4, 0.5) is 0 Å². The Morgan fingerprint density at radius 3 is 2.79 bits per heavy atom. The lowest BCUT2D eigenvalue weighted by Crippen LogP contribution is -2.19. The molecule has 0 saturated carbocycles. The second-order valence-corrected chi connectivity index (χ2v) is 6.75. The van der Waals surface area contributed by atoms with Crippen molar-refractivity contribution >= 4 is 33.9 Å². The predicted octanol–water partition coefficient (Wildman–Crippen LogP) is 4.32. The van der Waals surface area contributed by atoms with E-state index in [1.807, 2.05) is 44.2 Å². The molecule has 1 amide bonds. The first-order valence-electron chi connectivity index (χ1n) is 7.88. The number of aromatic nitrogens is 1. The number of nitrogens with zero attached hydrogens (tertiary/aromatic N) is 2. The van der Waals surface area contributed by atoms with Gasteiger partial charge in [-0.15, -0.1) is 11.3 Å². The zero-order chi connectivity index (χ0) is 17.1. The number of hydrazone groups is 1. The number of carbonyl (C=O) groups excluding carboxylic acids is 1. The van der Waals surface area contributed by atoms with E-state index < -0.39 is 0 Å². The molecule has 0 saturated heterocycles. The fraction of sp³-hybridized carbons (Fsp3) is 0.211. The summed E-state index contributed by atoms with van der Waals surface area (Å²) in [6.45, 7) is 5.91. The highest BCUT2D eigenvalue weighted by atomic mass is 32.1. The summed E-state index contributed by atoms with van der Waals surface area (Å²) in [7, 11) is 0. The van der Waals surface area contributed by atoms with E-state index >= 15 is 0 Å². The smallest absolute Gasteiger partial charge is 0.267 e. The van der Waals surface area contributed by atoms with E-state index in [9.17, 15) is 4.79 Å². The van der Waals surface area contributed by atoms with Crippen molar-refractivity contribution in [2.45, 2.75) is 27.2 Å². The Kier molecular flexibility index (Phi) is 4.71. The maximum absolute atomic E-state index is 12.6. The molecule has 0 unspecified atom stereocenters. The third-order valence-electron chi connectivity index (χ3n) is 3.78. The van der Waals surface area contributed by atoms with Crippen LogP contribution in [0.1, 0.15) is 39.7 Å². The summed E-state index contributed by atoms with van der Waals surface area (Å²) in [4.78, 5) is 19.4. The highest BCUT2D eigenvalue weighted by molar-refractivity contribution is 7.14. The van der Waals surface area contributed by atoms with Gasteiger partial charge in [-0.2, -0.15) is 5.10 Å². The number of nitrogens with one attached hydrogen (secondary N) is 1. The molecular weight excluding hydrogens is 318 g/mol.